The maximum absolute atomic E-state index is 12.3. The molecule has 1 aromatic heterocycles. The molecule has 1 N–H and O–H groups in total. The molecule has 0 bridgehead atoms. The van der Waals surface area contributed by atoms with Crippen molar-refractivity contribution in [2.45, 2.75) is 0 Å². The maximum Gasteiger partial charge on any atom is 0.255 e. The number of hydrogen-bond donors (Lipinski definition) is 1. The van der Waals surface area contributed by atoms with Crippen molar-refractivity contribution in [3.05, 3.63) is 66.2 Å². The van der Waals surface area contributed by atoms with E-state index in [-0.39, 0.29) is 12.5 Å². The molecule has 1 amide bonds. The van der Waals surface area contributed by atoms with Crippen molar-refractivity contribution in [1.29, 1.82) is 0 Å². The summed E-state index contributed by atoms with van der Waals surface area (Å²) in [5.41, 5.74) is 2.19. The molecule has 0 aliphatic carbocycles. The molecule has 0 spiro atoms. The van der Waals surface area contributed by atoms with Crippen molar-refractivity contribution in [3.63, 3.8) is 0 Å². The van der Waals surface area contributed by atoms with E-state index in [9.17, 15) is 4.79 Å². The Hall–Kier alpha value is -3.61. The van der Waals surface area contributed by atoms with E-state index in [0.717, 1.165) is 11.3 Å². The fourth-order valence-electron chi connectivity index (χ4n) is 2.56. The average molecular weight is 379 g/mol. The van der Waals surface area contributed by atoms with Gasteiger partial charge < -0.3 is 19.5 Å². The smallest absolute Gasteiger partial charge is 0.255 e. The van der Waals surface area contributed by atoms with Gasteiger partial charge in [-0.1, -0.05) is 30.3 Å². The van der Waals surface area contributed by atoms with Gasteiger partial charge in [-0.15, -0.1) is 10.2 Å². The van der Waals surface area contributed by atoms with Gasteiger partial charge in [0.2, 0.25) is 5.88 Å². The second-order valence-corrected chi connectivity index (χ2v) is 5.79. The molecule has 0 atom stereocenters. The Kier molecular flexibility index (Phi) is 6.41. The molecule has 0 aliphatic heterocycles. The SMILES string of the molecule is COc1ccc(C(=O)NCCOc2ccc(-c3ccccc3)nn2)c(OC)c1. The molecule has 3 rings (SSSR count). The second kappa shape index (κ2) is 9.36. The quantitative estimate of drug-likeness (QED) is 0.606. The van der Waals surface area contributed by atoms with Gasteiger partial charge in [0.25, 0.3) is 5.91 Å². The summed E-state index contributed by atoms with van der Waals surface area (Å²) >= 11 is 0. The van der Waals surface area contributed by atoms with Crippen LogP contribution >= 0.6 is 0 Å². The highest BCUT2D eigenvalue weighted by atomic mass is 16.5. The highest BCUT2D eigenvalue weighted by molar-refractivity contribution is 5.97. The molecule has 144 valence electrons. The number of carbonyl (C=O) groups excluding carboxylic acids is 1. The minimum Gasteiger partial charge on any atom is -0.497 e. The fourth-order valence-corrected chi connectivity index (χ4v) is 2.56. The zero-order valence-corrected chi connectivity index (χ0v) is 15.7. The van der Waals surface area contributed by atoms with Crippen LogP contribution in [0.25, 0.3) is 11.3 Å². The lowest BCUT2D eigenvalue weighted by Gasteiger charge is -2.11. The maximum atomic E-state index is 12.3. The Labute approximate surface area is 163 Å². The van der Waals surface area contributed by atoms with Gasteiger partial charge in [0.05, 0.1) is 32.0 Å². The van der Waals surface area contributed by atoms with Gasteiger partial charge in [-0.05, 0) is 18.2 Å². The van der Waals surface area contributed by atoms with Crippen LogP contribution in [0.15, 0.2) is 60.7 Å². The lowest BCUT2D eigenvalue weighted by molar-refractivity contribution is 0.0943. The number of nitrogens with zero attached hydrogens (tertiary/aromatic N) is 2. The largest absolute Gasteiger partial charge is 0.497 e. The van der Waals surface area contributed by atoms with Gasteiger partial charge in [-0.2, -0.15) is 0 Å². The summed E-state index contributed by atoms with van der Waals surface area (Å²) in [6.07, 6.45) is 0. The monoisotopic (exact) mass is 379 g/mol. The lowest BCUT2D eigenvalue weighted by Crippen LogP contribution is -2.28. The molecule has 7 nitrogen and oxygen atoms in total. The number of hydrogen-bond acceptors (Lipinski definition) is 6. The molecular formula is C21H21N3O4. The molecule has 1 heterocycles. The van der Waals surface area contributed by atoms with E-state index in [1.54, 1.807) is 31.4 Å². The van der Waals surface area contributed by atoms with Crippen LogP contribution < -0.4 is 19.5 Å². The number of amides is 1. The normalized spacial score (nSPS) is 10.2. The van der Waals surface area contributed by atoms with E-state index >= 15 is 0 Å². The van der Waals surface area contributed by atoms with Gasteiger partial charge >= 0.3 is 0 Å². The lowest BCUT2D eigenvalue weighted by atomic mass is 10.1. The molecule has 0 aliphatic rings. The highest BCUT2D eigenvalue weighted by Gasteiger charge is 2.13. The summed E-state index contributed by atoms with van der Waals surface area (Å²) in [5.74, 6) is 1.21. The van der Waals surface area contributed by atoms with Crippen LogP contribution in [0.1, 0.15) is 10.4 Å². The average Bonchev–Trinajstić information content (AvgIpc) is 2.77. The number of nitrogens with one attached hydrogen (secondary N) is 1. The van der Waals surface area contributed by atoms with Crippen molar-refractivity contribution in [2.24, 2.45) is 0 Å². The summed E-state index contributed by atoms with van der Waals surface area (Å²) in [6, 6.07) is 18.4. The summed E-state index contributed by atoms with van der Waals surface area (Å²) < 4.78 is 15.9. The first-order valence-corrected chi connectivity index (χ1v) is 8.73. The van der Waals surface area contributed by atoms with Crippen molar-refractivity contribution in [2.75, 3.05) is 27.4 Å². The van der Waals surface area contributed by atoms with E-state index in [1.807, 2.05) is 36.4 Å². The topological polar surface area (TPSA) is 82.6 Å². The Bertz CT molecular complexity index is 915. The van der Waals surface area contributed by atoms with Crippen LogP contribution in [0, 0.1) is 0 Å². The van der Waals surface area contributed by atoms with Crippen LogP contribution in [-0.4, -0.2) is 43.5 Å². The van der Waals surface area contributed by atoms with E-state index in [2.05, 4.69) is 15.5 Å². The van der Waals surface area contributed by atoms with Gasteiger partial charge in [-0.25, -0.2) is 0 Å². The third-order valence-corrected chi connectivity index (χ3v) is 4.00. The predicted molar refractivity (Wildman–Crippen MR) is 105 cm³/mol. The third kappa shape index (κ3) is 4.76. The molecular weight excluding hydrogens is 358 g/mol. The molecule has 0 unspecified atom stereocenters. The van der Waals surface area contributed by atoms with E-state index < -0.39 is 0 Å². The second-order valence-electron chi connectivity index (χ2n) is 5.79. The summed E-state index contributed by atoms with van der Waals surface area (Å²) in [6.45, 7) is 0.583. The Morgan fingerprint density at radius 1 is 0.964 bits per heavy atom. The fraction of sp³-hybridized carbons (Fsp3) is 0.190. The minimum absolute atomic E-state index is 0.256. The Balaban J connectivity index is 1.50. The number of ether oxygens (including phenoxy) is 3. The molecule has 0 saturated carbocycles. The number of rotatable bonds is 8. The minimum atomic E-state index is -0.256. The summed E-state index contributed by atoms with van der Waals surface area (Å²) in [4.78, 5) is 12.3. The first kappa shape index (κ1) is 19.2. The zero-order chi connectivity index (χ0) is 19.8. The summed E-state index contributed by atoms with van der Waals surface area (Å²) in [5, 5.41) is 11.0. The van der Waals surface area contributed by atoms with Crippen molar-refractivity contribution < 1.29 is 19.0 Å². The highest BCUT2D eigenvalue weighted by Crippen LogP contribution is 2.24. The standard InChI is InChI=1S/C21H21N3O4/c1-26-16-8-9-17(19(14-16)27-2)21(25)22-12-13-28-20-11-10-18(23-24-20)15-6-4-3-5-7-15/h3-11,14H,12-13H2,1-2H3,(H,22,25). The number of aromatic nitrogens is 2. The van der Waals surface area contributed by atoms with Crippen molar-refractivity contribution in [3.8, 4) is 28.6 Å². The van der Waals surface area contributed by atoms with Crippen LogP contribution in [0.5, 0.6) is 17.4 Å². The Morgan fingerprint density at radius 3 is 2.46 bits per heavy atom. The van der Waals surface area contributed by atoms with E-state index in [1.165, 1.54) is 7.11 Å². The molecule has 0 saturated heterocycles. The molecule has 28 heavy (non-hydrogen) atoms. The third-order valence-electron chi connectivity index (χ3n) is 4.00. The molecule has 0 radical (unpaired) electrons. The summed E-state index contributed by atoms with van der Waals surface area (Å²) in [7, 11) is 3.06. The molecule has 3 aromatic rings. The van der Waals surface area contributed by atoms with E-state index in [0.29, 0.717) is 29.5 Å². The van der Waals surface area contributed by atoms with Crippen LogP contribution in [0.4, 0.5) is 0 Å². The van der Waals surface area contributed by atoms with Gasteiger partial charge in [0.1, 0.15) is 18.1 Å². The molecule has 0 fully saturated rings. The van der Waals surface area contributed by atoms with Crippen LogP contribution in [0.2, 0.25) is 0 Å². The van der Waals surface area contributed by atoms with Gasteiger partial charge in [0, 0.05) is 17.7 Å². The van der Waals surface area contributed by atoms with Crippen molar-refractivity contribution >= 4 is 5.91 Å². The number of carbonyl (C=O) groups is 1. The first-order valence-electron chi connectivity index (χ1n) is 8.73. The molecule has 2 aromatic carbocycles. The zero-order valence-electron chi connectivity index (χ0n) is 15.7. The van der Waals surface area contributed by atoms with Crippen LogP contribution in [-0.2, 0) is 0 Å². The van der Waals surface area contributed by atoms with E-state index in [4.69, 9.17) is 14.2 Å². The molecule has 7 heteroatoms. The van der Waals surface area contributed by atoms with Gasteiger partial charge in [0.15, 0.2) is 0 Å². The Morgan fingerprint density at radius 2 is 1.79 bits per heavy atom. The number of methoxy groups -OCH3 is 2. The number of benzene rings is 2. The van der Waals surface area contributed by atoms with Crippen molar-refractivity contribution in [1.82, 2.24) is 15.5 Å². The predicted octanol–water partition coefficient (Wildman–Crippen LogP) is 2.97. The van der Waals surface area contributed by atoms with Gasteiger partial charge in [-0.3, -0.25) is 4.79 Å². The first-order chi connectivity index (χ1) is 13.7. The van der Waals surface area contributed by atoms with Crippen LogP contribution in [0.3, 0.4) is 0 Å².